The number of rotatable bonds is 3. The van der Waals surface area contributed by atoms with Crippen LogP contribution in [-0.4, -0.2) is 75.6 Å². The van der Waals surface area contributed by atoms with Gasteiger partial charge in [-0.1, -0.05) is 18.2 Å². The number of aromatic hydroxyl groups is 1. The third-order valence-corrected chi connectivity index (χ3v) is 7.97. The summed E-state index contributed by atoms with van der Waals surface area (Å²) in [4.78, 5) is 41.3. The van der Waals surface area contributed by atoms with Crippen LogP contribution in [0.15, 0.2) is 53.3 Å². The Kier molecular flexibility index (Phi) is 5.92. The Balaban J connectivity index is 1.73. The number of fused-ring (bicyclic) bond motifs is 3. The smallest absolute Gasteiger partial charge is 0.258 e. The van der Waals surface area contributed by atoms with E-state index in [-0.39, 0.29) is 29.7 Å². The number of likely N-dealkylation sites (N-methyl/N-ethyl adjacent to an activating group) is 2. The fourth-order valence-corrected chi connectivity index (χ4v) is 6.25. The molecule has 4 unspecified atom stereocenters. The van der Waals surface area contributed by atoms with Crippen LogP contribution in [0.5, 0.6) is 5.75 Å². The first-order chi connectivity index (χ1) is 17.9. The van der Waals surface area contributed by atoms with E-state index in [1.807, 2.05) is 0 Å². The molecule has 0 radical (unpaired) electrons. The molecule has 5 rings (SSSR count). The second kappa shape index (κ2) is 8.78. The zero-order valence-corrected chi connectivity index (χ0v) is 20.9. The first-order valence-corrected chi connectivity index (χ1v) is 12.1. The Bertz CT molecular complexity index is 1460. The summed E-state index contributed by atoms with van der Waals surface area (Å²) in [5.74, 6) is -6.85. The van der Waals surface area contributed by atoms with Crippen molar-refractivity contribution in [1.29, 1.82) is 0 Å². The number of carbonyl (C=O) groups is 3. The zero-order chi connectivity index (χ0) is 27.7. The van der Waals surface area contributed by atoms with E-state index in [0.717, 1.165) is 0 Å². The van der Waals surface area contributed by atoms with Gasteiger partial charge in [0.2, 0.25) is 5.78 Å². The van der Waals surface area contributed by atoms with Crippen molar-refractivity contribution in [2.45, 2.75) is 24.5 Å². The van der Waals surface area contributed by atoms with E-state index in [1.165, 1.54) is 30.1 Å². The Morgan fingerprint density at radius 1 is 1.08 bits per heavy atom. The molecule has 1 fully saturated rings. The minimum atomic E-state index is -2.65. The average molecular weight is 523 g/mol. The van der Waals surface area contributed by atoms with Crippen LogP contribution in [0.1, 0.15) is 17.5 Å². The van der Waals surface area contributed by atoms with E-state index < -0.39 is 63.9 Å². The van der Waals surface area contributed by atoms with Gasteiger partial charge in [0.1, 0.15) is 28.7 Å². The number of hydrogen-bond acceptors (Lipinski definition) is 8. The van der Waals surface area contributed by atoms with E-state index in [1.54, 1.807) is 32.3 Å². The summed E-state index contributed by atoms with van der Waals surface area (Å²) in [6.45, 7) is 0. The normalized spacial score (nSPS) is 26.7. The number of carbonyl (C=O) groups excluding carboxylic acids is 3. The van der Waals surface area contributed by atoms with E-state index in [0.29, 0.717) is 16.7 Å². The van der Waals surface area contributed by atoms with Gasteiger partial charge < -0.3 is 25.7 Å². The lowest BCUT2D eigenvalue weighted by Gasteiger charge is -2.50. The van der Waals surface area contributed by atoms with E-state index in [9.17, 15) is 39.2 Å². The highest BCUT2D eigenvalue weighted by atomic mass is 19.1. The van der Waals surface area contributed by atoms with Crippen LogP contribution in [0.3, 0.4) is 0 Å². The maximum Gasteiger partial charge on any atom is 0.258 e. The highest BCUT2D eigenvalue weighted by molar-refractivity contribution is 6.25. The fourth-order valence-electron chi connectivity index (χ4n) is 6.25. The summed E-state index contributed by atoms with van der Waals surface area (Å²) in [5, 5.41) is 47.0. The number of phenolic OH excluding ortho intramolecular Hbond substituents is 1. The van der Waals surface area contributed by atoms with Gasteiger partial charge in [-0.25, -0.2) is 4.39 Å². The molecule has 1 amide bonds. The van der Waals surface area contributed by atoms with Crippen molar-refractivity contribution in [2.75, 3.05) is 21.1 Å². The van der Waals surface area contributed by atoms with Crippen molar-refractivity contribution in [2.24, 2.45) is 11.8 Å². The van der Waals surface area contributed by atoms with Gasteiger partial charge in [0.25, 0.3) is 5.91 Å². The monoisotopic (exact) mass is 522 g/mol. The number of amides is 1. The highest BCUT2D eigenvalue weighted by Gasteiger charge is 2.64. The summed E-state index contributed by atoms with van der Waals surface area (Å²) in [5.41, 5.74) is -1.79. The van der Waals surface area contributed by atoms with Crippen molar-refractivity contribution in [3.05, 3.63) is 70.2 Å². The van der Waals surface area contributed by atoms with Crippen molar-refractivity contribution in [3.8, 4) is 16.9 Å². The van der Waals surface area contributed by atoms with Crippen molar-refractivity contribution >= 4 is 23.2 Å². The first kappa shape index (κ1) is 25.6. The van der Waals surface area contributed by atoms with E-state index in [4.69, 9.17) is 0 Å². The van der Waals surface area contributed by atoms with Crippen LogP contribution in [0, 0.1) is 17.7 Å². The summed E-state index contributed by atoms with van der Waals surface area (Å²) in [6, 6.07) is 7.58. The zero-order valence-electron chi connectivity index (χ0n) is 20.9. The molecule has 5 N–H and O–H groups in total. The Hall–Kier alpha value is -4.02. The summed E-state index contributed by atoms with van der Waals surface area (Å²) >= 11 is 0. The lowest BCUT2D eigenvalue weighted by Crippen LogP contribution is -2.65. The predicted octanol–water partition coefficient (Wildman–Crippen LogP) is 2.03. The third kappa shape index (κ3) is 3.40. The highest BCUT2D eigenvalue weighted by Crippen LogP contribution is 2.53. The second-order valence-electron chi connectivity index (χ2n) is 10.2. The number of aliphatic hydroxyl groups is 3. The summed E-state index contributed by atoms with van der Waals surface area (Å²) < 4.78 is 13.6. The summed E-state index contributed by atoms with van der Waals surface area (Å²) in [6.07, 6.45) is 0.175. The third-order valence-electron chi connectivity index (χ3n) is 7.97. The Morgan fingerprint density at radius 2 is 1.74 bits per heavy atom. The summed E-state index contributed by atoms with van der Waals surface area (Å²) in [7, 11) is 4.39. The largest absolute Gasteiger partial charge is 0.508 e. The molecule has 0 aromatic heterocycles. The molecular weight excluding hydrogens is 495 g/mol. The number of hydrogen-bond donors (Lipinski definition) is 5. The molecule has 10 heteroatoms. The quantitative estimate of drug-likeness (QED) is 0.385. The minimum Gasteiger partial charge on any atom is -0.508 e. The van der Waals surface area contributed by atoms with Crippen LogP contribution in [0.2, 0.25) is 0 Å². The molecule has 198 valence electrons. The molecule has 3 aliphatic rings. The maximum atomic E-state index is 13.9. The van der Waals surface area contributed by atoms with E-state index >= 15 is 0 Å². The fraction of sp³-hybridized carbons (Fsp3) is 0.321. The van der Waals surface area contributed by atoms with Gasteiger partial charge in [-0.15, -0.1) is 0 Å². The molecule has 0 spiro atoms. The molecule has 0 heterocycles. The van der Waals surface area contributed by atoms with Crippen molar-refractivity contribution < 1.29 is 39.2 Å². The van der Waals surface area contributed by atoms with Crippen molar-refractivity contribution in [1.82, 2.24) is 10.2 Å². The molecule has 9 nitrogen and oxygen atoms in total. The van der Waals surface area contributed by atoms with Gasteiger partial charge in [0.15, 0.2) is 11.4 Å². The predicted molar refractivity (Wildman–Crippen MR) is 135 cm³/mol. The van der Waals surface area contributed by atoms with Gasteiger partial charge in [-0.3, -0.25) is 19.3 Å². The number of ketones is 2. The van der Waals surface area contributed by atoms with Crippen LogP contribution in [0.25, 0.3) is 16.9 Å². The average Bonchev–Trinajstić information content (AvgIpc) is 2.86. The SMILES string of the molecule is CNC(=O)C1=C(O)C2(O)C(=O)C3=C(O)c4c(O)ccc(-c5ccc(F)cc5)c4CC3CC2C(N(C)C)C1=O. The molecule has 0 saturated heterocycles. The molecule has 2 aromatic rings. The van der Waals surface area contributed by atoms with Crippen LogP contribution < -0.4 is 5.32 Å². The topological polar surface area (TPSA) is 147 Å². The number of phenols is 1. The minimum absolute atomic E-state index is 0.000450. The number of aliphatic hydroxyl groups excluding tert-OH is 2. The number of nitrogens with zero attached hydrogens (tertiary/aromatic N) is 1. The molecule has 0 bridgehead atoms. The van der Waals surface area contributed by atoms with Crippen molar-refractivity contribution in [3.63, 3.8) is 0 Å². The van der Waals surface area contributed by atoms with E-state index in [2.05, 4.69) is 5.32 Å². The van der Waals surface area contributed by atoms with Gasteiger partial charge in [0.05, 0.1) is 11.6 Å². The van der Waals surface area contributed by atoms with Gasteiger partial charge >= 0.3 is 0 Å². The molecular formula is C28H27FN2O7. The van der Waals surface area contributed by atoms with Gasteiger partial charge in [-0.05, 0) is 67.7 Å². The number of nitrogens with one attached hydrogen (secondary N) is 1. The Morgan fingerprint density at radius 3 is 2.34 bits per heavy atom. The number of benzene rings is 2. The lowest BCUT2D eigenvalue weighted by molar-refractivity contribution is -0.153. The number of Topliss-reactive ketones (excluding diaryl/α,β-unsaturated/α-hetero) is 2. The molecule has 1 saturated carbocycles. The molecule has 2 aromatic carbocycles. The van der Waals surface area contributed by atoms with Crippen LogP contribution >= 0.6 is 0 Å². The molecule has 38 heavy (non-hydrogen) atoms. The Labute approximate surface area is 217 Å². The van der Waals surface area contributed by atoms with Crippen LogP contribution in [0.4, 0.5) is 4.39 Å². The maximum absolute atomic E-state index is 13.9. The lowest BCUT2D eigenvalue weighted by atomic mass is 9.57. The van der Waals surface area contributed by atoms with Gasteiger partial charge in [-0.2, -0.15) is 0 Å². The molecule has 3 aliphatic carbocycles. The van der Waals surface area contributed by atoms with Crippen LogP contribution in [-0.2, 0) is 20.8 Å². The molecule has 4 atom stereocenters. The first-order valence-electron chi connectivity index (χ1n) is 12.1. The number of halogens is 1. The second-order valence-corrected chi connectivity index (χ2v) is 10.2. The molecule has 0 aliphatic heterocycles. The standard InChI is InChI=1S/C28H27FN2O7/c1-30-27(37)21-24(34)22(31(2)3)17-11-13-10-16-15(12-4-6-14(29)7-5-12)8-9-18(32)20(16)23(33)19(13)25(35)28(17,38)26(21)36/h4-9,13,17,22,32-33,36,38H,10-11H2,1-3H3,(H,30,37). The van der Waals surface area contributed by atoms with Gasteiger partial charge in [0, 0.05) is 18.5 Å².